The highest BCUT2D eigenvalue weighted by Gasteiger charge is 2.23. The molecule has 2 aromatic rings. The number of nitrogens with zero attached hydrogens (tertiary/aromatic N) is 2. The summed E-state index contributed by atoms with van der Waals surface area (Å²) in [7, 11) is 0. The highest BCUT2D eigenvalue weighted by atomic mass is 16.6. The Bertz CT molecular complexity index is 792. The maximum absolute atomic E-state index is 11.8. The van der Waals surface area contributed by atoms with Crippen LogP contribution in [0.25, 0.3) is 10.9 Å². The molecule has 6 nitrogen and oxygen atoms in total. The fourth-order valence-corrected chi connectivity index (χ4v) is 3.54. The number of aromatic nitrogens is 2. The van der Waals surface area contributed by atoms with E-state index in [1.165, 1.54) is 0 Å². The second-order valence-electron chi connectivity index (χ2n) is 8.39. The summed E-state index contributed by atoms with van der Waals surface area (Å²) in [6.07, 6.45) is 3.91. The van der Waals surface area contributed by atoms with E-state index in [0.717, 1.165) is 42.3 Å². The van der Waals surface area contributed by atoms with Gasteiger partial charge in [0.15, 0.2) is 0 Å². The molecule has 1 fully saturated rings. The first-order valence-corrected chi connectivity index (χ1v) is 9.77. The number of ether oxygens (including phenoxy) is 1. The topological polar surface area (TPSA) is 76.1 Å². The zero-order chi connectivity index (χ0) is 19.4. The van der Waals surface area contributed by atoms with Crippen LogP contribution in [0.2, 0.25) is 0 Å². The minimum atomic E-state index is -0.455. The van der Waals surface area contributed by atoms with Crippen LogP contribution in [0.4, 0.5) is 10.7 Å². The van der Waals surface area contributed by atoms with Gasteiger partial charge in [-0.15, -0.1) is 0 Å². The number of alkyl carbamates (subject to hydrolysis) is 1. The first-order valence-electron chi connectivity index (χ1n) is 9.77. The van der Waals surface area contributed by atoms with Gasteiger partial charge in [-0.05, 0) is 65.4 Å². The van der Waals surface area contributed by atoms with Gasteiger partial charge in [0.25, 0.3) is 0 Å². The summed E-state index contributed by atoms with van der Waals surface area (Å²) in [5.74, 6) is 1.20. The Morgan fingerprint density at radius 2 is 1.85 bits per heavy atom. The summed E-state index contributed by atoms with van der Waals surface area (Å²) in [5, 5.41) is 7.49. The summed E-state index contributed by atoms with van der Waals surface area (Å²) in [5.41, 5.74) is 1.52. The van der Waals surface area contributed by atoms with Crippen molar-refractivity contribution in [3.05, 3.63) is 30.0 Å². The highest BCUT2D eigenvalue weighted by Crippen LogP contribution is 2.26. The predicted octanol–water partition coefficient (Wildman–Crippen LogP) is 4.43. The minimum absolute atomic E-state index is 0.331. The number of rotatable bonds is 4. The second-order valence-corrected chi connectivity index (χ2v) is 8.39. The number of para-hydroxylation sites is 1. The van der Waals surface area contributed by atoms with E-state index in [0.29, 0.717) is 24.5 Å². The maximum atomic E-state index is 11.8. The minimum Gasteiger partial charge on any atom is -0.444 e. The summed E-state index contributed by atoms with van der Waals surface area (Å²) < 4.78 is 5.30. The van der Waals surface area contributed by atoms with Crippen LogP contribution in [0, 0.1) is 12.8 Å². The summed E-state index contributed by atoms with van der Waals surface area (Å²) in [6.45, 7) is 8.32. The first-order chi connectivity index (χ1) is 12.8. The van der Waals surface area contributed by atoms with E-state index in [9.17, 15) is 4.79 Å². The summed E-state index contributed by atoms with van der Waals surface area (Å²) >= 11 is 0. The van der Waals surface area contributed by atoms with Crippen molar-refractivity contribution in [3.8, 4) is 0 Å². The van der Waals surface area contributed by atoms with Crippen molar-refractivity contribution in [3.63, 3.8) is 0 Å². The Hall–Kier alpha value is -2.37. The van der Waals surface area contributed by atoms with Crippen molar-refractivity contribution in [2.45, 2.75) is 65.0 Å². The van der Waals surface area contributed by atoms with Crippen molar-refractivity contribution >= 4 is 22.9 Å². The standard InChI is InChI=1S/C21H30N4O2/c1-14-17-7-5-6-8-18(17)25-19(23-14)24-16-11-9-15(10-12-16)13-22-20(26)27-21(2,3)4/h5-8,15-16H,9-13H2,1-4H3,(H,22,26)(H,23,24,25). The average molecular weight is 370 g/mol. The molecule has 0 saturated heterocycles. The molecule has 1 aromatic carbocycles. The van der Waals surface area contributed by atoms with Gasteiger partial charge in [0, 0.05) is 18.0 Å². The molecule has 0 aliphatic heterocycles. The predicted molar refractivity (Wildman–Crippen MR) is 108 cm³/mol. The fraction of sp³-hybridized carbons (Fsp3) is 0.571. The molecule has 0 atom stereocenters. The maximum Gasteiger partial charge on any atom is 0.407 e. The molecule has 0 radical (unpaired) electrons. The van der Waals surface area contributed by atoms with Gasteiger partial charge in [-0.3, -0.25) is 0 Å². The molecule has 1 aromatic heterocycles. The SMILES string of the molecule is Cc1nc(NC2CCC(CNC(=O)OC(C)(C)C)CC2)nc2ccccc12. The Labute approximate surface area is 161 Å². The Morgan fingerprint density at radius 3 is 2.56 bits per heavy atom. The molecule has 0 unspecified atom stereocenters. The van der Waals surface area contributed by atoms with Crippen molar-refractivity contribution in [1.29, 1.82) is 0 Å². The van der Waals surface area contributed by atoms with Crippen LogP contribution < -0.4 is 10.6 Å². The van der Waals surface area contributed by atoms with Gasteiger partial charge in [0.2, 0.25) is 5.95 Å². The highest BCUT2D eigenvalue weighted by molar-refractivity contribution is 5.81. The van der Waals surface area contributed by atoms with Crippen LogP contribution in [-0.2, 0) is 4.74 Å². The van der Waals surface area contributed by atoms with Gasteiger partial charge in [-0.25, -0.2) is 14.8 Å². The van der Waals surface area contributed by atoms with Crippen LogP contribution in [0.1, 0.15) is 52.1 Å². The lowest BCUT2D eigenvalue weighted by atomic mass is 9.86. The summed E-state index contributed by atoms with van der Waals surface area (Å²) in [4.78, 5) is 21.0. The smallest absolute Gasteiger partial charge is 0.407 e. The average Bonchev–Trinajstić information content (AvgIpc) is 2.60. The molecule has 1 aliphatic rings. The zero-order valence-corrected chi connectivity index (χ0v) is 16.7. The third kappa shape index (κ3) is 5.55. The first kappa shape index (κ1) is 19.4. The van der Waals surface area contributed by atoms with Crippen LogP contribution in [0.3, 0.4) is 0 Å². The van der Waals surface area contributed by atoms with E-state index >= 15 is 0 Å². The van der Waals surface area contributed by atoms with Gasteiger partial charge >= 0.3 is 6.09 Å². The van der Waals surface area contributed by atoms with Crippen LogP contribution in [-0.4, -0.2) is 34.2 Å². The van der Waals surface area contributed by atoms with Gasteiger partial charge < -0.3 is 15.4 Å². The molecular formula is C21H30N4O2. The van der Waals surface area contributed by atoms with E-state index < -0.39 is 5.60 Å². The quantitative estimate of drug-likeness (QED) is 0.832. The van der Waals surface area contributed by atoms with E-state index in [1.807, 2.05) is 45.9 Å². The van der Waals surface area contributed by atoms with Crippen LogP contribution in [0.15, 0.2) is 24.3 Å². The lowest BCUT2D eigenvalue weighted by Crippen LogP contribution is -2.37. The number of hydrogen-bond donors (Lipinski definition) is 2. The molecule has 0 spiro atoms. The number of benzene rings is 1. The molecule has 0 bridgehead atoms. The van der Waals surface area contributed by atoms with E-state index in [2.05, 4.69) is 26.7 Å². The van der Waals surface area contributed by atoms with E-state index in [-0.39, 0.29) is 6.09 Å². The zero-order valence-electron chi connectivity index (χ0n) is 16.7. The Balaban J connectivity index is 1.48. The van der Waals surface area contributed by atoms with Gasteiger partial charge in [-0.1, -0.05) is 18.2 Å². The van der Waals surface area contributed by atoms with E-state index in [4.69, 9.17) is 4.74 Å². The van der Waals surface area contributed by atoms with Crippen molar-refractivity contribution in [2.75, 3.05) is 11.9 Å². The lowest BCUT2D eigenvalue weighted by molar-refractivity contribution is 0.0515. The normalized spacial score (nSPS) is 20.3. The molecule has 146 valence electrons. The number of fused-ring (bicyclic) bond motifs is 1. The number of nitrogens with one attached hydrogen (secondary N) is 2. The molecular weight excluding hydrogens is 340 g/mol. The molecule has 1 saturated carbocycles. The molecule has 1 amide bonds. The number of hydrogen-bond acceptors (Lipinski definition) is 5. The molecule has 1 aliphatic carbocycles. The number of aryl methyl sites for hydroxylation is 1. The molecule has 3 rings (SSSR count). The Morgan fingerprint density at radius 1 is 1.15 bits per heavy atom. The van der Waals surface area contributed by atoms with Crippen molar-refractivity contribution < 1.29 is 9.53 Å². The monoisotopic (exact) mass is 370 g/mol. The van der Waals surface area contributed by atoms with Gasteiger partial charge in [-0.2, -0.15) is 0 Å². The second kappa shape index (κ2) is 8.11. The number of carbonyl (C=O) groups is 1. The largest absolute Gasteiger partial charge is 0.444 e. The summed E-state index contributed by atoms with van der Waals surface area (Å²) in [6, 6.07) is 8.47. The molecule has 2 N–H and O–H groups in total. The van der Waals surface area contributed by atoms with Crippen molar-refractivity contribution in [2.24, 2.45) is 5.92 Å². The Kier molecular flexibility index (Phi) is 5.82. The van der Waals surface area contributed by atoms with Gasteiger partial charge in [0.1, 0.15) is 5.60 Å². The van der Waals surface area contributed by atoms with Gasteiger partial charge in [0.05, 0.1) is 11.2 Å². The van der Waals surface area contributed by atoms with Crippen LogP contribution in [0.5, 0.6) is 0 Å². The third-order valence-corrected chi connectivity index (χ3v) is 4.91. The third-order valence-electron chi connectivity index (χ3n) is 4.91. The number of carbonyl (C=O) groups excluding carboxylic acids is 1. The molecule has 1 heterocycles. The number of amides is 1. The van der Waals surface area contributed by atoms with E-state index in [1.54, 1.807) is 0 Å². The van der Waals surface area contributed by atoms with Crippen molar-refractivity contribution in [1.82, 2.24) is 15.3 Å². The lowest BCUT2D eigenvalue weighted by Gasteiger charge is -2.29. The van der Waals surface area contributed by atoms with Crippen LogP contribution >= 0.6 is 0 Å². The fourth-order valence-electron chi connectivity index (χ4n) is 3.54. The molecule has 27 heavy (non-hydrogen) atoms. The molecule has 6 heteroatoms. The number of anilines is 1.